The van der Waals surface area contributed by atoms with Gasteiger partial charge in [-0.2, -0.15) is 0 Å². The molecule has 2 heterocycles. The SMILES string of the molecule is COc1sc(CNCC2CNCC2O)cc1Br. The minimum atomic E-state index is -0.216. The van der Waals surface area contributed by atoms with E-state index in [2.05, 4.69) is 32.6 Å². The van der Waals surface area contributed by atoms with Gasteiger partial charge in [0.25, 0.3) is 0 Å². The van der Waals surface area contributed by atoms with E-state index in [1.807, 2.05) is 0 Å². The fourth-order valence-electron chi connectivity index (χ4n) is 1.93. The van der Waals surface area contributed by atoms with Gasteiger partial charge in [0.15, 0.2) is 5.06 Å². The molecule has 3 N–H and O–H groups in total. The van der Waals surface area contributed by atoms with E-state index in [4.69, 9.17) is 4.74 Å². The second-order valence-electron chi connectivity index (χ2n) is 4.17. The Morgan fingerprint density at radius 2 is 2.47 bits per heavy atom. The maximum Gasteiger partial charge on any atom is 0.188 e. The predicted molar refractivity (Wildman–Crippen MR) is 72.6 cm³/mol. The molecule has 2 atom stereocenters. The summed E-state index contributed by atoms with van der Waals surface area (Å²) in [5.41, 5.74) is 0. The molecular formula is C11H17BrN2O2S. The molecule has 96 valence electrons. The molecule has 0 saturated carbocycles. The Morgan fingerprint density at radius 1 is 1.65 bits per heavy atom. The Kier molecular flexibility index (Phi) is 4.81. The maximum atomic E-state index is 9.65. The van der Waals surface area contributed by atoms with Gasteiger partial charge in [0.2, 0.25) is 0 Å². The zero-order valence-corrected chi connectivity index (χ0v) is 12.1. The van der Waals surface area contributed by atoms with Gasteiger partial charge in [-0.25, -0.2) is 0 Å². The molecule has 1 aromatic rings. The highest BCUT2D eigenvalue weighted by Gasteiger charge is 2.24. The van der Waals surface area contributed by atoms with Crippen LogP contribution in [0.5, 0.6) is 5.06 Å². The Morgan fingerprint density at radius 3 is 3.06 bits per heavy atom. The quantitative estimate of drug-likeness (QED) is 0.763. The number of halogens is 1. The lowest BCUT2D eigenvalue weighted by Crippen LogP contribution is -2.29. The van der Waals surface area contributed by atoms with Crippen LogP contribution in [0, 0.1) is 5.92 Å². The van der Waals surface area contributed by atoms with E-state index >= 15 is 0 Å². The molecule has 1 aliphatic heterocycles. The lowest BCUT2D eigenvalue weighted by molar-refractivity contribution is 0.146. The van der Waals surface area contributed by atoms with Crippen molar-refractivity contribution in [1.29, 1.82) is 0 Å². The van der Waals surface area contributed by atoms with Crippen LogP contribution in [0.15, 0.2) is 10.5 Å². The highest BCUT2D eigenvalue weighted by molar-refractivity contribution is 9.10. The molecule has 1 aromatic heterocycles. The van der Waals surface area contributed by atoms with Crippen LogP contribution in [0.1, 0.15) is 4.88 Å². The summed E-state index contributed by atoms with van der Waals surface area (Å²) in [5, 5.41) is 17.1. The molecule has 4 nitrogen and oxygen atoms in total. The lowest BCUT2D eigenvalue weighted by atomic mass is 10.1. The van der Waals surface area contributed by atoms with E-state index in [9.17, 15) is 5.11 Å². The van der Waals surface area contributed by atoms with Crippen LogP contribution in [-0.4, -0.2) is 38.0 Å². The maximum absolute atomic E-state index is 9.65. The zero-order valence-electron chi connectivity index (χ0n) is 9.70. The molecular weight excluding hydrogens is 304 g/mol. The normalized spacial score (nSPS) is 24.2. The third-order valence-electron chi connectivity index (χ3n) is 2.90. The number of hydrogen-bond acceptors (Lipinski definition) is 5. The number of hydrogen-bond donors (Lipinski definition) is 3. The van der Waals surface area contributed by atoms with Crippen molar-refractivity contribution in [2.24, 2.45) is 5.92 Å². The van der Waals surface area contributed by atoms with Gasteiger partial charge in [0, 0.05) is 37.0 Å². The van der Waals surface area contributed by atoms with Crippen LogP contribution in [0.2, 0.25) is 0 Å². The van der Waals surface area contributed by atoms with Gasteiger partial charge < -0.3 is 20.5 Å². The first kappa shape index (κ1) is 13.3. The van der Waals surface area contributed by atoms with Crippen molar-refractivity contribution in [1.82, 2.24) is 10.6 Å². The number of ether oxygens (including phenoxy) is 1. The third kappa shape index (κ3) is 3.42. The molecule has 1 saturated heterocycles. The second-order valence-corrected chi connectivity index (χ2v) is 6.12. The summed E-state index contributed by atoms with van der Waals surface area (Å²) in [6.07, 6.45) is -0.216. The highest BCUT2D eigenvalue weighted by Crippen LogP contribution is 2.34. The Bertz CT molecular complexity index is 372. The van der Waals surface area contributed by atoms with Crippen molar-refractivity contribution in [2.75, 3.05) is 26.7 Å². The van der Waals surface area contributed by atoms with Crippen LogP contribution in [0.4, 0.5) is 0 Å². The van der Waals surface area contributed by atoms with Gasteiger partial charge in [-0.3, -0.25) is 0 Å². The fourth-order valence-corrected chi connectivity index (χ4v) is 3.59. The average molecular weight is 321 g/mol. The van der Waals surface area contributed by atoms with E-state index in [-0.39, 0.29) is 6.10 Å². The molecule has 17 heavy (non-hydrogen) atoms. The zero-order chi connectivity index (χ0) is 12.3. The minimum absolute atomic E-state index is 0.216. The van der Waals surface area contributed by atoms with Crippen LogP contribution < -0.4 is 15.4 Å². The van der Waals surface area contributed by atoms with Crippen molar-refractivity contribution in [2.45, 2.75) is 12.6 Å². The van der Waals surface area contributed by atoms with Crippen molar-refractivity contribution >= 4 is 27.3 Å². The van der Waals surface area contributed by atoms with Gasteiger partial charge in [-0.1, -0.05) is 0 Å². The van der Waals surface area contributed by atoms with Crippen LogP contribution in [0.3, 0.4) is 0 Å². The first-order valence-corrected chi connectivity index (χ1v) is 7.23. The second kappa shape index (κ2) is 6.15. The van der Waals surface area contributed by atoms with Crippen molar-refractivity contribution in [3.63, 3.8) is 0 Å². The van der Waals surface area contributed by atoms with E-state index < -0.39 is 0 Å². The Labute approximate surface area is 113 Å². The first-order chi connectivity index (χ1) is 8.20. The Balaban J connectivity index is 1.77. The summed E-state index contributed by atoms with van der Waals surface area (Å²) in [4.78, 5) is 1.23. The van der Waals surface area contributed by atoms with Crippen molar-refractivity contribution in [3.8, 4) is 5.06 Å². The molecule has 1 fully saturated rings. The molecule has 2 rings (SSSR count). The molecule has 0 aromatic carbocycles. The van der Waals surface area contributed by atoms with Crippen LogP contribution >= 0.6 is 27.3 Å². The summed E-state index contributed by atoms with van der Waals surface area (Å²) in [6, 6.07) is 2.07. The summed E-state index contributed by atoms with van der Waals surface area (Å²) >= 11 is 5.09. The number of aliphatic hydroxyl groups excluding tert-OH is 1. The van der Waals surface area contributed by atoms with Crippen LogP contribution in [-0.2, 0) is 6.54 Å². The summed E-state index contributed by atoms with van der Waals surface area (Å²) in [6.45, 7) is 3.26. The van der Waals surface area contributed by atoms with Crippen molar-refractivity contribution < 1.29 is 9.84 Å². The molecule has 1 aliphatic rings. The minimum Gasteiger partial charge on any atom is -0.486 e. The number of β-amino-alcohol motifs (C(OH)–C–C–N with tert-alkyl or cyclic N) is 1. The first-order valence-electron chi connectivity index (χ1n) is 5.62. The van der Waals surface area contributed by atoms with Gasteiger partial charge in [-0.05, 0) is 22.0 Å². The number of aliphatic hydroxyl groups is 1. The van der Waals surface area contributed by atoms with E-state index in [0.29, 0.717) is 12.5 Å². The lowest BCUT2D eigenvalue weighted by Gasteiger charge is -2.13. The molecule has 2 unspecified atom stereocenters. The largest absolute Gasteiger partial charge is 0.486 e. The molecule has 0 radical (unpaired) electrons. The monoisotopic (exact) mass is 320 g/mol. The smallest absolute Gasteiger partial charge is 0.188 e. The molecule has 0 amide bonds. The third-order valence-corrected chi connectivity index (χ3v) is 4.85. The van der Waals surface area contributed by atoms with Crippen LogP contribution in [0.25, 0.3) is 0 Å². The average Bonchev–Trinajstić information content (AvgIpc) is 2.86. The number of methoxy groups -OCH3 is 1. The topological polar surface area (TPSA) is 53.5 Å². The summed E-state index contributed by atoms with van der Waals surface area (Å²) < 4.78 is 6.22. The van der Waals surface area contributed by atoms with E-state index in [1.54, 1.807) is 18.4 Å². The number of nitrogens with one attached hydrogen (secondary N) is 2. The molecule has 0 spiro atoms. The standard InChI is InChI=1S/C11H17BrN2O2S/c1-16-11-9(12)2-8(17-11)5-13-3-7-4-14-6-10(7)15/h2,7,10,13-15H,3-6H2,1H3. The summed E-state index contributed by atoms with van der Waals surface area (Å²) in [7, 11) is 1.67. The fraction of sp³-hybridized carbons (Fsp3) is 0.636. The summed E-state index contributed by atoms with van der Waals surface area (Å²) in [5.74, 6) is 0.320. The molecule has 0 bridgehead atoms. The van der Waals surface area contributed by atoms with Crippen molar-refractivity contribution in [3.05, 3.63) is 15.4 Å². The molecule has 6 heteroatoms. The van der Waals surface area contributed by atoms with Gasteiger partial charge >= 0.3 is 0 Å². The van der Waals surface area contributed by atoms with Gasteiger partial charge in [-0.15, -0.1) is 11.3 Å². The van der Waals surface area contributed by atoms with E-state index in [0.717, 1.165) is 29.2 Å². The van der Waals surface area contributed by atoms with Gasteiger partial charge in [0.1, 0.15) is 0 Å². The van der Waals surface area contributed by atoms with E-state index in [1.165, 1.54) is 4.88 Å². The predicted octanol–water partition coefficient (Wildman–Crippen LogP) is 1.19. The highest BCUT2D eigenvalue weighted by atomic mass is 79.9. The number of thiophene rings is 1. The molecule has 0 aliphatic carbocycles. The Hall–Kier alpha value is -0.140. The number of rotatable bonds is 5. The van der Waals surface area contributed by atoms with Gasteiger partial charge in [0.05, 0.1) is 17.7 Å².